The summed E-state index contributed by atoms with van der Waals surface area (Å²) in [4.78, 5) is 24.9. The second-order valence-corrected chi connectivity index (χ2v) is 7.49. The van der Waals surface area contributed by atoms with Crippen molar-refractivity contribution in [3.8, 4) is 5.75 Å². The predicted octanol–water partition coefficient (Wildman–Crippen LogP) is 6.55. The fraction of sp³-hybridized carbons (Fsp3) is 0.0909. The highest BCUT2D eigenvalue weighted by Crippen LogP contribution is 2.24. The van der Waals surface area contributed by atoms with Crippen LogP contribution in [-0.2, 0) is 0 Å². The van der Waals surface area contributed by atoms with Gasteiger partial charge in [0, 0.05) is 27.9 Å². The number of halogens is 3. The summed E-state index contributed by atoms with van der Waals surface area (Å²) in [6, 6.07) is 18.0. The summed E-state index contributed by atoms with van der Waals surface area (Å²) in [6.07, 6.45) is -0.711. The zero-order valence-corrected chi connectivity index (χ0v) is 17.6. The summed E-state index contributed by atoms with van der Waals surface area (Å²) < 4.78 is 5.75. The number of nitrogens with one attached hydrogen (secondary N) is 1. The fourth-order valence-corrected chi connectivity index (χ4v) is 3.02. The Morgan fingerprint density at radius 1 is 0.862 bits per heavy atom. The average molecular weight is 449 g/mol. The van der Waals surface area contributed by atoms with Crippen molar-refractivity contribution in [2.24, 2.45) is 0 Å². The van der Waals surface area contributed by atoms with E-state index in [2.05, 4.69) is 5.32 Å². The van der Waals surface area contributed by atoms with Crippen molar-refractivity contribution in [1.82, 2.24) is 0 Å². The van der Waals surface area contributed by atoms with E-state index in [0.717, 1.165) is 0 Å². The first kappa shape index (κ1) is 21.2. The lowest BCUT2D eigenvalue weighted by atomic mass is 10.1. The molecule has 0 aliphatic heterocycles. The molecular formula is C22H16Cl3NO3. The van der Waals surface area contributed by atoms with Crippen LogP contribution in [0.2, 0.25) is 15.1 Å². The van der Waals surface area contributed by atoms with Gasteiger partial charge < -0.3 is 10.1 Å². The van der Waals surface area contributed by atoms with Crippen molar-refractivity contribution in [3.05, 3.63) is 92.9 Å². The lowest BCUT2D eigenvalue weighted by molar-refractivity contribution is 0.0818. The lowest BCUT2D eigenvalue weighted by Crippen LogP contribution is -2.24. The van der Waals surface area contributed by atoms with E-state index < -0.39 is 6.10 Å². The van der Waals surface area contributed by atoms with Crippen LogP contribution in [0.15, 0.2) is 66.7 Å². The molecule has 0 heterocycles. The molecule has 0 aliphatic carbocycles. The molecule has 3 rings (SSSR count). The first-order valence-corrected chi connectivity index (χ1v) is 9.80. The number of amides is 1. The van der Waals surface area contributed by atoms with Gasteiger partial charge in [0.15, 0.2) is 6.10 Å². The molecule has 1 unspecified atom stereocenters. The maximum absolute atomic E-state index is 12.5. The molecule has 1 N–H and O–H groups in total. The van der Waals surface area contributed by atoms with Gasteiger partial charge in [0.05, 0.1) is 10.0 Å². The Morgan fingerprint density at radius 2 is 1.55 bits per heavy atom. The SMILES string of the molecule is CC(Oc1cccc(NC(=O)c2ccc(Cl)c(Cl)c2)c1)C(=O)c1ccc(Cl)cc1. The van der Waals surface area contributed by atoms with Crippen molar-refractivity contribution >= 4 is 52.2 Å². The van der Waals surface area contributed by atoms with Crippen molar-refractivity contribution in [1.29, 1.82) is 0 Å². The van der Waals surface area contributed by atoms with Crippen LogP contribution < -0.4 is 10.1 Å². The highest BCUT2D eigenvalue weighted by Gasteiger charge is 2.17. The average Bonchev–Trinajstić information content (AvgIpc) is 2.70. The summed E-state index contributed by atoms with van der Waals surface area (Å²) in [5.74, 6) is -0.0651. The van der Waals surface area contributed by atoms with Crippen LogP contribution in [0, 0.1) is 0 Å². The van der Waals surface area contributed by atoms with E-state index in [4.69, 9.17) is 39.5 Å². The second kappa shape index (κ2) is 9.31. The molecule has 29 heavy (non-hydrogen) atoms. The maximum Gasteiger partial charge on any atom is 0.255 e. The van der Waals surface area contributed by atoms with Crippen LogP contribution in [0.1, 0.15) is 27.6 Å². The van der Waals surface area contributed by atoms with Gasteiger partial charge in [-0.05, 0) is 61.5 Å². The third kappa shape index (κ3) is 5.51. The molecule has 0 saturated carbocycles. The first-order chi connectivity index (χ1) is 13.8. The molecule has 7 heteroatoms. The number of ether oxygens (including phenoxy) is 1. The van der Waals surface area contributed by atoms with Gasteiger partial charge >= 0.3 is 0 Å². The van der Waals surface area contributed by atoms with Crippen LogP contribution in [0.5, 0.6) is 5.75 Å². The zero-order valence-electron chi connectivity index (χ0n) is 15.3. The van der Waals surface area contributed by atoms with Gasteiger partial charge in [0.2, 0.25) is 5.78 Å². The maximum atomic E-state index is 12.5. The molecule has 148 valence electrons. The van der Waals surface area contributed by atoms with E-state index in [1.807, 2.05) is 0 Å². The van der Waals surface area contributed by atoms with Gasteiger partial charge in [-0.15, -0.1) is 0 Å². The van der Waals surface area contributed by atoms with Gasteiger partial charge in [-0.1, -0.05) is 40.9 Å². The van der Waals surface area contributed by atoms with Gasteiger partial charge in [-0.3, -0.25) is 9.59 Å². The lowest BCUT2D eigenvalue weighted by Gasteiger charge is -2.15. The number of anilines is 1. The third-order valence-corrected chi connectivity index (χ3v) is 5.08. The first-order valence-electron chi connectivity index (χ1n) is 8.66. The molecule has 3 aromatic rings. The smallest absolute Gasteiger partial charge is 0.255 e. The van der Waals surface area contributed by atoms with Crippen molar-refractivity contribution < 1.29 is 14.3 Å². The normalized spacial score (nSPS) is 11.6. The molecule has 4 nitrogen and oxygen atoms in total. The van der Waals surface area contributed by atoms with Crippen molar-refractivity contribution in [2.45, 2.75) is 13.0 Å². The van der Waals surface area contributed by atoms with Crippen LogP contribution >= 0.6 is 34.8 Å². The minimum atomic E-state index is -0.711. The number of rotatable bonds is 6. The summed E-state index contributed by atoms with van der Waals surface area (Å²) in [5, 5.41) is 3.99. The Balaban J connectivity index is 1.68. The largest absolute Gasteiger partial charge is 0.482 e. The van der Waals surface area contributed by atoms with E-state index in [-0.39, 0.29) is 11.7 Å². The molecule has 0 saturated heterocycles. The Kier molecular flexibility index (Phi) is 6.80. The summed E-state index contributed by atoms with van der Waals surface area (Å²) in [5.41, 5.74) is 1.40. The van der Waals surface area contributed by atoms with Gasteiger partial charge in [-0.2, -0.15) is 0 Å². The van der Waals surface area contributed by atoms with Crippen LogP contribution in [0.3, 0.4) is 0 Å². The molecule has 3 aromatic carbocycles. The van der Waals surface area contributed by atoms with E-state index in [1.165, 1.54) is 6.07 Å². The summed E-state index contributed by atoms with van der Waals surface area (Å²) in [6.45, 7) is 1.66. The minimum absolute atomic E-state index is 0.174. The summed E-state index contributed by atoms with van der Waals surface area (Å²) >= 11 is 17.7. The number of Topliss-reactive ketones (excluding diaryl/α,β-unsaturated/α-hetero) is 1. The number of carbonyl (C=O) groups is 2. The highest BCUT2D eigenvalue weighted by molar-refractivity contribution is 6.42. The quantitative estimate of drug-likeness (QED) is 0.435. The van der Waals surface area contributed by atoms with E-state index in [0.29, 0.717) is 37.6 Å². The van der Waals surface area contributed by atoms with Gasteiger partial charge in [0.25, 0.3) is 5.91 Å². The Bertz CT molecular complexity index is 1050. The van der Waals surface area contributed by atoms with E-state index in [9.17, 15) is 9.59 Å². The van der Waals surface area contributed by atoms with Crippen LogP contribution in [0.25, 0.3) is 0 Å². The van der Waals surface area contributed by atoms with Gasteiger partial charge in [0.1, 0.15) is 5.75 Å². The monoisotopic (exact) mass is 447 g/mol. The van der Waals surface area contributed by atoms with Crippen molar-refractivity contribution in [2.75, 3.05) is 5.32 Å². The Morgan fingerprint density at radius 3 is 2.24 bits per heavy atom. The van der Waals surface area contributed by atoms with Crippen LogP contribution in [-0.4, -0.2) is 17.8 Å². The fourth-order valence-electron chi connectivity index (χ4n) is 2.59. The molecule has 0 radical (unpaired) electrons. The Labute approximate surface area is 183 Å². The molecule has 0 spiro atoms. The van der Waals surface area contributed by atoms with E-state index in [1.54, 1.807) is 67.6 Å². The number of benzene rings is 3. The highest BCUT2D eigenvalue weighted by atomic mass is 35.5. The number of hydrogen-bond donors (Lipinski definition) is 1. The standard InChI is InChI=1S/C22H16Cl3NO3/c1-13(21(27)14-5-8-16(23)9-6-14)29-18-4-2-3-17(12-18)26-22(28)15-7-10-19(24)20(25)11-15/h2-13H,1H3,(H,26,28). The zero-order chi connectivity index (χ0) is 21.0. The molecule has 0 bridgehead atoms. The van der Waals surface area contributed by atoms with Gasteiger partial charge in [-0.25, -0.2) is 0 Å². The minimum Gasteiger partial charge on any atom is -0.482 e. The number of hydrogen-bond acceptors (Lipinski definition) is 3. The molecule has 1 atom stereocenters. The van der Waals surface area contributed by atoms with E-state index >= 15 is 0 Å². The molecule has 1 amide bonds. The predicted molar refractivity (Wildman–Crippen MR) is 117 cm³/mol. The molecule has 0 aliphatic rings. The molecular weight excluding hydrogens is 433 g/mol. The van der Waals surface area contributed by atoms with Crippen molar-refractivity contribution in [3.63, 3.8) is 0 Å². The Hall–Kier alpha value is -2.53. The second-order valence-electron chi connectivity index (χ2n) is 6.24. The topological polar surface area (TPSA) is 55.4 Å². The number of carbonyl (C=O) groups excluding carboxylic acids is 2. The molecule has 0 aromatic heterocycles. The summed E-state index contributed by atoms with van der Waals surface area (Å²) in [7, 11) is 0. The third-order valence-electron chi connectivity index (χ3n) is 4.08. The number of ketones is 1. The molecule has 0 fully saturated rings. The van der Waals surface area contributed by atoms with Crippen LogP contribution in [0.4, 0.5) is 5.69 Å².